The number of nitrogens with two attached hydrogens (primary N) is 1. The van der Waals surface area contributed by atoms with E-state index in [-0.39, 0.29) is 101 Å². The molecule has 0 fully saturated rings. The van der Waals surface area contributed by atoms with Gasteiger partial charge in [-0.2, -0.15) is 0 Å². The Morgan fingerprint density at radius 2 is 0.955 bits per heavy atom. The number of nitrogen functional groups attached to an aromatic ring is 1. The summed E-state index contributed by atoms with van der Waals surface area (Å²) in [4.78, 5) is -5.29. The largest absolute Gasteiger partial charge is 1.00 e. The molecular formula is C6H4NNa3O9S3. The molecule has 10 nitrogen and oxygen atoms in total. The van der Waals surface area contributed by atoms with Crippen LogP contribution < -0.4 is 94.4 Å². The van der Waals surface area contributed by atoms with Gasteiger partial charge in [-0.05, 0) is 12.1 Å². The van der Waals surface area contributed by atoms with E-state index in [1.165, 1.54) is 0 Å². The van der Waals surface area contributed by atoms with Gasteiger partial charge in [-0.15, -0.1) is 0 Å². The van der Waals surface area contributed by atoms with Crippen molar-refractivity contribution in [3.8, 4) is 0 Å². The maximum absolute atomic E-state index is 10.9. The van der Waals surface area contributed by atoms with E-state index in [9.17, 15) is 38.9 Å². The molecular weight excluding hydrogens is 395 g/mol. The van der Waals surface area contributed by atoms with Gasteiger partial charge in [-0.1, -0.05) is 0 Å². The van der Waals surface area contributed by atoms with E-state index in [1.54, 1.807) is 0 Å². The van der Waals surface area contributed by atoms with Gasteiger partial charge in [0.25, 0.3) is 0 Å². The number of hydrogen-bond donors (Lipinski definition) is 1. The van der Waals surface area contributed by atoms with Crippen molar-refractivity contribution in [2.75, 3.05) is 5.73 Å². The summed E-state index contributed by atoms with van der Waals surface area (Å²) in [6, 6.07) is 0.559. The first-order valence-electron chi connectivity index (χ1n) is 4.06. The number of hydrogen-bond acceptors (Lipinski definition) is 10. The zero-order chi connectivity index (χ0) is 15.2. The first kappa shape index (κ1) is 28.5. The van der Waals surface area contributed by atoms with Crippen molar-refractivity contribution >= 4 is 36.0 Å². The third-order valence-corrected chi connectivity index (χ3v) is 4.75. The van der Waals surface area contributed by atoms with Gasteiger partial charge in [0.1, 0.15) is 30.4 Å². The van der Waals surface area contributed by atoms with E-state index >= 15 is 0 Å². The molecule has 2 N–H and O–H groups in total. The molecule has 22 heavy (non-hydrogen) atoms. The van der Waals surface area contributed by atoms with Gasteiger partial charge in [0, 0.05) is 5.69 Å². The van der Waals surface area contributed by atoms with Crippen LogP contribution in [0.3, 0.4) is 0 Å². The molecule has 0 unspecified atom stereocenters. The second-order valence-electron chi connectivity index (χ2n) is 3.21. The van der Waals surface area contributed by atoms with Crippen LogP contribution in [0.5, 0.6) is 0 Å². The molecule has 0 spiro atoms. The van der Waals surface area contributed by atoms with E-state index in [4.69, 9.17) is 5.73 Å². The molecule has 108 valence electrons. The third kappa shape index (κ3) is 7.33. The van der Waals surface area contributed by atoms with Crippen LogP contribution in [0.1, 0.15) is 0 Å². The molecule has 1 rings (SSSR count). The van der Waals surface area contributed by atoms with Gasteiger partial charge in [0.05, 0.1) is 14.7 Å². The second kappa shape index (κ2) is 9.45. The van der Waals surface area contributed by atoms with Crippen molar-refractivity contribution in [1.29, 1.82) is 0 Å². The van der Waals surface area contributed by atoms with Crippen LogP contribution in [0, 0.1) is 0 Å². The summed E-state index contributed by atoms with van der Waals surface area (Å²) in [5.41, 5.74) is 4.38. The first-order valence-corrected chi connectivity index (χ1v) is 8.28. The predicted octanol–water partition coefficient (Wildman–Crippen LogP) is -11.0. The maximum atomic E-state index is 10.9. The normalized spacial score (nSPS) is 11.6. The molecule has 0 saturated heterocycles. The monoisotopic (exact) mass is 399 g/mol. The Labute approximate surface area is 193 Å². The molecule has 0 saturated carbocycles. The summed E-state index contributed by atoms with van der Waals surface area (Å²) in [6.45, 7) is 0. The van der Waals surface area contributed by atoms with E-state index in [0.717, 1.165) is 0 Å². The van der Waals surface area contributed by atoms with E-state index < -0.39 is 50.7 Å². The molecule has 0 radical (unpaired) electrons. The van der Waals surface area contributed by atoms with Gasteiger partial charge < -0.3 is 19.4 Å². The molecule has 1 aromatic rings. The fraction of sp³-hybridized carbons (Fsp3) is 0. The molecule has 0 bridgehead atoms. The Bertz CT molecular complexity index is 794. The molecule has 0 aliphatic carbocycles. The molecule has 0 heterocycles. The van der Waals surface area contributed by atoms with Crippen molar-refractivity contribution in [3.63, 3.8) is 0 Å². The number of benzene rings is 1. The Morgan fingerprint density at radius 3 is 1.14 bits per heavy atom. The predicted molar refractivity (Wildman–Crippen MR) is 54.7 cm³/mol. The molecule has 0 atom stereocenters. The van der Waals surface area contributed by atoms with Gasteiger partial charge in [0.15, 0.2) is 0 Å². The molecule has 0 aliphatic heterocycles. The smallest absolute Gasteiger partial charge is 0.744 e. The van der Waals surface area contributed by atoms with E-state index in [2.05, 4.69) is 0 Å². The molecule has 16 heteroatoms. The summed E-state index contributed by atoms with van der Waals surface area (Å²) in [6.07, 6.45) is 0. The minimum atomic E-state index is -5.71. The van der Waals surface area contributed by atoms with Crippen LogP contribution >= 0.6 is 0 Å². The van der Waals surface area contributed by atoms with Gasteiger partial charge >= 0.3 is 88.7 Å². The van der Waals surface area contributed by atoms with Crippen molar-refractivity contribution in [2.24, 2.45) is 0 Å². The Morgan fingerprint density at radius 1 is 0.682 bits per heavy atom. The van der Waals surface area contributed by atoms with E-state index in [1.807, 2.05) is 0 Å². The van der Waals surface area contributed by atoms with Gasteiger partial charge in [0.2, 0.25) is 0 Å². The molecule has 0 aliphatic rings. The van der Waals surface area contributed by atoms with Crippen molar-refractivity contribution < 1.29 is 128 Å². The summed E-state index contributed by atoms with van der Waals surface area (Å²) in [5.74, 6) is 0. The first-order chi connectivity index (χ1) is 8.24. The summed E-state index contributed by atoms with van der Waals surface area (Å²) in [5, 5.41) is 0. The van der Waals surface area contributed by atoms with Crippen LogP contribution in [0.15, 0.2) is 26.8 Å². The van der Waals surface area contributed by atoms with Crippen LogP contribution in [0.25, 0.3) is 0 Å². The zero-order valence-corrected chi connectivity index (χ0v) is 20.1. The van der Waals surface area contributed by atoms with Crippen molar-refractivity contribution in [2.45, 2.75) is 14.7 Å². The molecule has 1 aromatic carbocycles. The Hall–Kier alpha value is 1.75. The SMILES string of the molecule is Nc1cc(S(=O)(=O)[O-])c(S(=O)(=O)[O-])c(S(=O)(=O)[O-])c1.[Na+].[Na+].[Na+]. The Kier molecular flexibility index (Phi) is 12.3. The number of anilines is 1. The zero-order valence-electron chi connectivity index (χ0n) is 11.6. The summed E-state index contributed by atoms with van der Waals surface area (Å²) in [7, 11) is -16.8. The minimum Gasteiger partial charge on any atom is -0.744 e. The quantitative estimate of drug-likeness (QED) is 0.289. The molecule has 0 aromatic heterocycles. The minimum absolute atomic E-state index is 0. The molecule has 0 amide bonds. The van der Waals surface area contributed by atoms with Crippen LogP contribution in [-0.2, 0) is 30.4 Å². The van der Waals surface area contributed by atoms with Crippen LogP contribution in [-0.4, -0.2) is 38.9 Å². The standard InChI is InChI=1S/C6H7NO9S3.3Na/c7-3-1-4(17(8,9)10)6(19(14,15)16)5(2-3)18(11,12)13;;;/h1-2H,7H2,(H,8,9,10)(H,11,12,13)(H,14,15,16);;;/q;3*+1/p-3. The average Bonchev–Trinajstić information content (AvgIpc) is 2.11. The van der Waals surface area contributed by atoms with Crippen molar-refractivity contribution in [3.05, 3.63) is 12.1 Å². The summed E-state index contributed by atoms with van der Waals surface area (Å²) >= 11 is 0. The van der Waals surface area contributed by atoms with Crippen LogP contribution in [0.4, 0.5) is 5.69 Å². The van der Waals surface area contributed by atoms with Gasteiger partial charge in [-0.25, -0.2) is 25.3 Å². The number of rotatable bonds is 3. The Balaban J connectivity index is -0.00000120. The fourth-order valence-corrected chi connectivity index (χ4v) is 4.35. The third-order valence-electron chi connectivity index (χ3n) is 1.83. The van der Waals surface area contributed by atoms with E-state index in [0.29, 0.717) is 0 Å². The fourth-order valence-electron chi connectivity index (χ4n) is 1.21. The second-order valence-corrected chi connectivity index (χ2v) is 7.22. The van der Waals surface area contributed by atoms with Crippen LogP contribution in [0.2, 0.25) is 0 Å². The van der Waals surface area contributed by atoms with Gasteiger partial charge in [-0.3, -0.25) is 0 Å². The average molecular weight is 399 g/mol. The maximum Gasteiger partial charge on any atom is 1.00 e. The topological polar surface area (TPSA) is 198 Å². The summed E-state index contributed by atoms with van der Waals surface area (Å²) < 4.78 is 97.6. The van der Waals surface area contributed by atoms with Crippen molar-refractivity contribution in [1.82, 2.24) is 0 Å².